The summed E-state index contributed by atoms with van der Waals surface area (Å²) in [6, 6.07) is 13.3. The summed E-state index contributed by atoms with van der Waals surface area (Å²) in [5.41, 5.74) is 2.73. The zero-order valence-electron chi connectivity index (χ0n) is 15.8. The fraction of sp³-hybridized carbons (Fsp3) is 0.273. The number of imidazole rings is 1. The highest BCUT2D eigenvalue weighted by atomic mass is 16.5. The Kier molecular flexibility index (Phi) is 5.28. The molecule has 2 aromatic carbocycles. The zero-order chi connectivity index (χ0) is 19.3. The Morgan fingerprint density at radius 2 is 1.93 bits per heavy atom. The second-order valence-electron chi connectivity index (χ2n) is 6.88. The van der Waals surface area contributed by atoms with Gasteiger partial charge in [-0.15, -0.1) is 0 Å². The van der Waals surface area contributed by atoms with Gasteiger partial charge in [0, 0.05) is 30.9 Å². The van der Waals surface area contributed by atoms with Crippen molar-refractivity contribution in [2.75, 3.05) is 13.2 Å². The predicted octanol–water partition coefficient (Wildman–Crippen LogP) is 3.58. The van der Waals surface area contributed by atoms with Gasteiger partial charge in [-0.3, -0.25) is 4.79 Å². The number of hydrogen-bond donors (Lipinski definition) is 1. The van der Waals surface area contributed by atoms with Crippen molar-refractivity contribution in [3.05, 3.63) is 77.9 Å². The number of hydrogen-bond acceptors (Lipinski definition) is 4. The van der Waals surface area contributed by atoms with Gasteiger partial charge in [-0.2, -0.15) is 0 Å². The second kappa shape index (κ2) is 8.17. The van der Waals surface area contributed by atoms with Crippen LogP contribution in [0.25, 0.3) is 0 Å². The number of carbonyl (C=O) groups is 1. The third-order valence-corrected chi connectivity index (χ3v) is 4.76. The summed E-state index contributed by atoms with van der Waals surface area (Å²) in [5.74, 6) is 1.39. The molecule has 144 valence electrons. The van der Waals surface area contributed by atoms with Crippen molar-refractivity contribution >= 4 is 5.91 Å². The van der Waals surface area contributed by atoms with E-state index in [9.17, 15) is 4.79 Å². The smallest absolute Gasteiger partial charge is 0.251 e. The monoisotopic (exact) mass is 377 g/mol. The molecule has 1 atom stereocenters. The molecule has 1 aliphatic heterocycles. The van der Waals surface area contributed by atoms with E-state index < -0.39 is 0 Å². The van der Waals surface area contributed by atoms with Gasteiger partial charge in [0.1, 0.15) is 0 Å². The lowest BCUT2D eigenvalue weighted by Gasteiger charge is -2.16. The fourth-order valence-electron chi connectivity index (χ4n) is 3.17. The Bertz CT molecular complexity index is 936. The lowest BCUT2D eigenvalue weighted by molar-refractivity contribution is 0.0940. The van der Waals surface area contributed by atoms with Crippen molar-refractivity contribution < 1.29 is 14.3 Å². The number of nitrogens with zero attached hydrogens (tertiary/aromatic N) is 2. The number of fused-ring (bicyclic) bond motifs is 1. The van der Waals surface area contributed by atoms with Gasteiger partial charge in [0.05, 0.1) is 25.6 Å². The highest BCUT2D eigenvalue weighted by molar-refractivity contribution is 5.94. The van der Waals surface area contributed by atoms with E-state index in [1.807, 2.05) is 60.2 Å². The molecule has 0 spiro atoms. The first-order chi connectivity index (χ1) is 13.7. The van der Waals surface area contributed by atoms with Crippen molar-refractivity contribution in [3.63, 3.8) is 0 Å². The zero-order valence-corrected chi connectivity index (χ0v) is 15.8. The van der Waals surface area contributed by atoms with E-state index >= 15 is 0 Å². The summed E-state index contributed by atoms with van der Waals surface area (Å²) >= 11 is 0. The molecule has 1 N–H and O–H groups in total. The largest absolute Gasteiger partial charge is 0.490 e. The van der Waals surface area contributed by atoms with Crippen LogP contribution in [0.2, 0.25) is 0 Å². The van der Waals surface area contributed by atoms with Gasteiger partial charge in [-0.25, -0.2) is 4.98 Å². The van der Waals surface area contributed by atoms with Crippen molar-refractivity contribution in [2.24, 2.45) is 0 Å². The maximum Gasteiger partial charge on any atom is 0.251 e. The Balaban J connectivity index is 1.41. The minimum absolute atomic E-state index is 0.103. The Labute approximate surface area is 164 Å². The van der Waals surface area contributed by atoms with E-state index in [2.05, 4.69) is 10.3 Å². The number of ether oxygens (including phenoxy) is 2. The van der Waals surface area contributed by atoms with Crippen LogP contribution >= 0.6 is 0 Å². The summed E-state index contributed by atoms with van der Waals surface area (Å²) in [7, 11) is 0. The van der Waals surface area contributed by atoms with Crippen LogP contribution in [0, 0.1) is 0 Å². The molecular formula is C22H23N3O3. The van der Waals surface area contributed by atoms with Crippen molar-refractivity contribution in [2.45, 2.75) is 25.9 Å². The molecular weight excluding hydrogens is 354 g/mol. The van der Waals surface area contributed by atoms with Gasteiger partial charge in [-0.1, -0.05) is 18.2 Å². The second-order valence-corrected chi connectivity index (χ2v) is 6.88. The van der Waals surface area contributed by atoms with Crippen LogP contribution in [0.1, 0.15) is 40.9 Å². The van der Waals surface area contributed by atoms with Gasteiger partial charge in [0.15, 0.2) is 11.5 Å². The fourth-order valence-corrected chi connectivity index (χ4v) is 3.17. The molecule has 1 unspecified atom stereocenters. The number of amides is 1. The summed E-state index contributed by atoms with van der Waals surface area (Å²) in [6.07, 6.45) is 6.31. The molecule has 0 bridgehead atoms. The lowest BCUT2D eigenvalue weighted by Crippen LogP contribution is -2.26. The van der Waals surface area contributed by atoms with Crippen molar-refractivity contribution in [1.82, 2.24) is 14.9 Å². The third kappa shape index (κ3) is 4.17. The summed E-state index contributed by atoms with van der Waals surface area (Å²) in [5, 5.41) is 3.05. The minimum Gasteiger partial charge on any atom is -0.490 e. The number of rotatable bonds is 5. The Morgan fingerprint density at radius 3 is 2.68 bits per heavy atom. The van der Waals surface area contributed by atoms with E-state index in [0.717, 1.165) is 35.6 Å². The molecule has 0 saturated carbocycles. The van der Waals surface area contributed by atoms with E-state index in [1.54, 1.807) is 12.5 Å². The van der Waals surface area contributed by atoms with Crippen LogP contribution in [0.3, 0.4) is 0 Å². The van der Waals surface area contributed by atoms with Gasteiger partial charge in [0.2, 0.25) is 0 Å². The number of nitrogens with one attached hydrogen (secondary N) is 1. The molecule has 0 fully saturated rings. The van der Waals surface area contributed by atoms with E-state index in [0.29, 0.717) is 18.8 Å². The molecule has 1 amide bonds. The van der Waals surface area contributed by atoms with E-state index in [-0.39, 0.29) is 11.9 Å². The lowest BCUT2D eigenvalue weighted by atomic mass is 10.1. The van der Waals surface area contributed by atoms with Crippen LogP contribution < -0.4 is 14.8 Å². The first kappa shape index (κ1) is 18.1. The molecule has 6 heteroatoms. The molecule has 3 aromatic rings. The molecule has 1 aromatic heterocycles. The maximum atomic E-state index is 12.6. The van der Waals surface area contributed by atoms with Crippen LogP contribution in [-0.2, 0) is 6.54 Å². The molecule has 0 aliphatic carbocycles. The summed E-state index contributed by atoms with van der Waals surface area (Å²) in [6.45, 7) is 4.00. The molecule has 4 rings (SSSR count). The van der Waals surface area contributed by atoms with Gasteiger partial charge in [0.25, 0.3) is 5.91 Å². The first-order valence-corrected chi connectivity index (χ1v) is 9.44. The van der Waals surface area contributed by atoms with Gasteiger partial charge in [-0.05, 0) is 42.3 Å². The van der Waals surface area contributed by atoms with Crippen LogP contribution in [0.15, 0.2) is 61.2 Å². The standard InChI is InChI=1S/C22H23N3O3/c1-16(19-7-8-20-21(13-19)28-12-2-11-27-20)24-22(26)18-5-3-17(4-6-18)14-25-10-9-23-15-25/h3-10,13,15-16H,2,11-12,14H2,1H3,(H,24,26). The summed E-state index contributed by atoms with van der Waals surface area (Å²) in [4.78, 5) is 16.7. The number of aromatic nitrogens is 2. The quantitative estimate of drug-likeness (QED) is 0.738. The number of carbonyl (C=O) groups excluding carboxylic acids is 1. The van der Waals surface area contributed by atoms with Crippen LogP contribution in [-0.4, -0.2) is 28.7 Å². The van der Waals surface area contributed by atoms with Gasteiger partial charge < -0.3 is 19.4 Å². The van der Waals surface area contributed by atoms with Crippen LogP contribution in [0.4, 0.5) is 0 Å². The van der Waals surface area contributed by atoms with E-state index in [4.69, 9.17) is 9.47 Å². The predicted molar refractivity (Wildman–Crippen MR) is 106 cm³/mol. The van der Waals surface area contributed by atoms with Gasteiger partial charge >= 0.3 is 0 Å². The third-order valence-electron chi connectivity index (χ3n) is 4.76. The molecule has 0 radical (unpaired) electrons. The highest BCUT2D eigenvalue weighted by Gasteiger charge is 2.16. The molecule has 0 saturated heterocycles. The normalized spacial score (nSPS) is 14.2. The average Bonchev–Trinajstić information content (AvgIpc) is 3.10. The average molecular weight is 377 g/mol. The van der Waals surface area contributed by atoms with Crippen molar-refractivity contribution in [1.29, 1.82) is 0 Å². The molecule has 2 heterocycles. The molecule has 1 aliphatic rings. The topological polar surface area (TPSA) is 65.4 Å². The van der Waals surface area contributed by atoms with Crippen molar-refractivity contribution in [3.8, 4) is 11.5 Å². The highest BCUT2D eigenvalue weighted by Crippen LogP contribution is 2.32. The minimum atomic E-state index is -0.143. The van der Waals surface area contributed by atoms with Crippen LogP contribution in [0.5, 0.6) is 11.5 Å². The number of benzene rings is 2. The first-order valence-electron chi connectivity index (χ1n) is 9.44. The Morgan fingerprint density at radius 1 is 1.14 bits per heavy atom. The maximum absolute atomic E-state index is 12.6. The molecule has 6 nitrogen and oxygen atoms in total. The Hall–Kier alpha value is -3.28. The van der Waals surface area contributed by atoms with E-state index in [1.165, 1.54) is 0 Å². The SMILES string of the molecule is CC(NC(=O)c1ccc(Cn2ccnc2)cc1)c1ccc2c(c1)OCCCO2. The molecule has 28 heavy (non-hydrogen) atoms. The summed E-state index contributed by atoms with van der Waals surface area (Å²) < 4.78 is 13.4.